The number of rotatable bonds is 10. The summed E-state index contributed by atoms with van der Waals surface area (Å²) in [5.41, 5.74) is 5.96. The summed E-state index contributed by atoms with van der Waals surface area (Å²) in [4.78, 5) is 28.7. The SMILES string of the molecule is C=Nc1c(N)nc(OCCOC)nc1N(COC)CC1CCN(C(=O)OC(C)(C)C)CC1. The molecule has 0 aliphatic carbocycles. The average molecular weight is 453 g/mol. The van der Waals surface area contributed by atoms with Gasteiger partial charge in [-0.3, -0.25) is 4.99 Å². The fraction of sp³-hybridized carbons (Fsp3) is 0.714. The first kappa shape index (κ1) is 25.6. The molecule has 1 aromatic rings. The Morgan fingerprint density at radius 2 is 1.91 bits per heavy atom. The normalized spacial score (nSPS) is 14.8. The van der Waals surface area contributed by atoms with Crippen LogP contribution >= 0.6 is 0 Å². The molecule has 0 aromatic carbocycles. The van der Waals surface area contributed by atoms with E-state index in [1.165, 1.54) is 0 Å². The molecular formula is C21H36N6O5. The molecule has 0 atom stereocenters. The van der Waals surface area contributed by atoms with Crippen LogP contribution in [0.1, 0.15) is 33.6 Å². The van der Waals surface area contributed by atoms with E-state index in [9.17, 15) is 4.79 Å². The van der Waals surface area contributed by atoms with Crippen molar-refractivity contribution in [1.29, 1.82) is 0 Å². The summed E-state index contributed by atoms with van der Waals surface area (Å²) in [5.74, 6) is 0.991. The van der Waals surface area contributed by atoms with Crippen molar-refractivity contribution in [2.45, 2.75) is 39.2 Å². The van der Waals surface area contributed by atoms with Gasteiger partial charge in [0, 0.05) is 33.9 Å². The second kappa shape index (κ2) is 11.8. The molecule has 2 heterocycles. The predicted molar refractivity (Wildman–Crippen MR) is 123 cm³/mol. The van der Waals surface area contributed by atoms with Crippen LogP contribution in [0.2, 0.25) is 0 Å². The largest absolute Gasteiger partial charge is 0.461 e. The molecule has 1 aliphatic rings. The third-order valence-corrected chi connectivity index (χ3v) is 4.88. The van der Waals surface area contributed by atoms with Crippen LogP contribution in [0.4, 0.5) is 22.1 Å². The van der Waals surface area contributed by atoms with Gasteiger partial charge in [0.25, 0.3) is 0 Å². The maximum atomic E-state index is 12.3. The quantitative estimate of drug-likeness (QED) is 0.324. The molecular weight excluding hydrogens is 416 g/mol. The highest BCUT2D eigenvalue weighted by molar-refractivity contribution is 5.75. The molecule has 0 bridgehead atoms. The number of ether oxygens (including phenoxy) is 4. The molecule has 0 spiro atoms. The molecule has 0 saturated carbocycles. The van der Waals surface area contributed by atoms with Crippen molar-refractivity contribution in [3.8, 4) is 6.01 Å². The molecule has 32 heavy (non-hydrogen) atoms. The number of hydrogen-bond acceptors (Lipinski definition) is 10. The number of hydrogen-bond donors (Lipinski definition) is 1. The van der Waals surface area contributed by atoms with Gasteiger partial charge in [-0.25, -0.2) is 4.79 Å². The Bertz CT molecular complexity index is 762. The monoisotopic (exact) mass is 452 g/mol. The molecule has 0 radical (unpaired) electrons. The topological polar surface area (TPSA) is 125 Å². The molecule has 1 saturated heterocycles. The number of likely N-dealkylation sites (tertiary alicyclic amines) is 1. The number of piperidine rings is 1. The van der Waals surface area contributed by atoms with Gasteiger partial charge in [0.15, 0.2) is 11.6 Å². The summed E-state index contributed by atoms with van der Waals surface area (Å²) >= 11 is 0. The Kier molecular flexibility index (Phi) is 9.45. The standard InChI is InChI=1S/C21H36N6O5/c1-21(2,3)32-20(28)26-9-7-15(8-10-26)13-27(14-30-6)18-16(23-4)17(22)24-19(25-18)31-12-11-29-5/h15H,4,7-14H2,1-3,5-6H3,(H2,22,24,25). The number of carbonyl (C=O) groups excluding carboxylic acids is 1. The smallest absolute Gasteiger partial charge is 0.410 e. The third-order valence-electron chi connectivity index (χ3n) is 4.88. The summed E-state index contributed by atoms with van der Waals surface area (Å²) in [6.45, 7) is 12.1. The van der Waals surface area contributed by atoms with Gasteiger partial charge in [-0.05, 0) is 46.2 Å². The van der Waals surface area contributed by atoms with Gasteiger partial charge in [0.05, 0.1) is 6.61 Å². The van der Waals surface area contributed by atoms with Crippen LogP contribution in [0.3, 0.4) is 0 Å². The fourth-order valence-electron chi connectivity index (χ4n) is 3.38. The molecule has 11 nitrogen and oxygen atoms in total. The van der Waals surface area contributed by atoms with Crippen LogP contribution in [-0.2, 0) is 14.2 Å². The number of carbonyl (C=O) groups is 1. The zero-order valence-electron chi connectivity index (χ0n) is 19.8. The minimum atomic E-state index is -0.507. The lowest BCUT2D eigenvalue weighted by atomic mass is 9.96. The predicted octanol–water partition coefficient (Wildman–Crippen LogP) is 2.47. The van der Waals surface area contributed by atoms with E-state index in [1.54, 1.807) is 19.1 Å². The Hall–Kier alpha value is -2.66. The number of aromatic nitrogens is 2. The molecule has 1 aromatic heterocycles. The summed E-state index contributed by atoms with van der Waals surface area (Å²) in [6, 6.07) is 0.141. The lowest BCUT2D eigenvalue weighted by Gasteiger charge is -2.36. The van der Waals surface area contributed by atoms with Crippen LogP contribution in [0.25, 0.3) is 0 Å². The van der Waals surface area contributed by atoms with E-state index in [1.807, 2.05) is 25.7 Å². The third kappa shape index (κ3) is 7.49. The van der Waals surface area contributed by atoms with Crippen molar-refractivity contribution >= 4 is 30.1 Å². The Labute approximate surface area is 189 Å². The highest BCUT2D eigenvalue weighted by Crippen LogP contribution is 2.34. The Morgan fingerprint density at radius 1 is 1.22 bits per heavy atom. The number of amides is 1. The molecule has 11 heteroatoms. The van der Waals surface area contributed by atoms with E-state index >= 15 is 0 Å². The minimum Gasteiger partial charge on any atom is -0.461 e. The molecule has 1 fully saturated rings. The molecule has 1 amide bonds. The van der Waals surface area contributed by atoms with Gasteiger partial charge in [-0.2, -0.15) is 9.97 Å². The van der Waals surface area contributed by atoms with Crippen molar-refractivity contribution < 1.29 is 23.7 Å². The van der Waals surface area contributed by atoms with Crippen LogP contribution in [0.15, 0.2) is 4.99 Å². The zero-order chi connectivity index (χ0) is 23.7. The van der Waals surface area contributed by atoms with Crippen LogP contribution in [0, 0.1) is 5.92 Å². The molecule has 1 aliphatic heterocycles. The van der Waals surface area contributed by atoms with Gasteiger partial charge in [0.1, 0.15) is 24.6 Å². The molecule has 2 rings (SSSR count). The van der Waals surface area contributed by atoms with Crippen molar-refractivity contribution in [3.05, 3.63) is 0 Å². The highest BCUT2D eigenvalue weighted by Gasteiger charge is 2.29. The van der Waals surface area contributed by atoms with E-state index in [2.05, 4.69) is 21.7 Å². The van der Waals surface area contributed by atoms with Gasteiger partial charge < -0.3 is 34.5 Å². The lowest BCUT2D eigenvalue weighted by molar-refractivity contribution is 0.0184. The molecule has 2 N–H and O–H groups in total. The zero-order valence-corrected chi connectivity index (χ0v) is 19.8. The second-order valence-electron chi connectivity index (χ2n) is 8.61. The number of nitrogen functional groups attached to an aromatic ring is 1. The van der Waals surface area contributed by atoms with Gasteiger partial charge in [-0.15, -0.1) is 0 Å². The number of nitrogens with two attached hydrogens (primary N) is 1. The maximum absolute atomic E-state index is 12.3. The first-order valence-corrected chi connectivity index (χ1v) is 10.7. The maximum Gasteiger partial charge on any atom is 0.410 e. The number of anilines is 2. The Balaban J connectivity index is 2.10. The van der Waals surface area contributed by atoms with E-state index in [0.717, 1.165) is 12.8 Å². The van der Waals surface area contributed by atoms with Gasteiger partial charge in [-0.1, -0.05) is 0 Å². The average Bonchev–Trinajstić information content (AvgIpc) is 2.72. The van der Waals surface area contributed by atoms with Crippen molar-refractivity contribution in [2.75, 3.05) is 64.4 Å². The van der Waals surface area contributed by atoms with Crippen LogP contribution < -0.4 is 15.4 Å². The van der Waals surface area contributed by atoms with E-state index in [0.29, 0.717) is 50.3 Å². The first-order chi connectivity index (χ1) is 15.2. The Morgan fingerprint density at radius 3 is 2.47 bits per heavy atom. The summed E-state index contributed by atoms with van der Waals surface area (Å²) < 4.78 is 21.4. The summed E-state index contributed by atoms with van der Waals surface area (Å²) in [7, 11) is 3.20. The van der Waals surface area contributed by atoms with Crippen molar-refractivity contribution in [3.63, 3.8) is 0 Å². The van der Waals surface area contributed by atoms with Gasteiger partial charge in [0.2, 0.25) is 0 Å². The molecule has 0 unspecified atom stereocenters. The van der Waals surface area contributed by atoms with Crippen LogP contribution in [0.5, 0.6) is 6.01 Å². The molecule has 180 valence electrons. The number of aliphatic imine (C=N–C) groups is 1. The van der Waals surface area contributed by atoms with Crippen LogP contribution in [-0.4, -0.2) is 87.1 Å². The van der Waals surface area contributed by atoms with Crippen molar-refractivity contribution in [2.24, 2.45) is 10.9 Å². The first-order valence-electron chi connectivity index (χ1n) is 10.7. The number of methoxy groups -OCH3 is 2. The fourth-order valence-corrected chi connectivity index (χ4v) is 3.38. The highest BCUT2D eigenvalue weighted by atomic mass is 16.6. The summed E-state index contributed by atoms with van der Waals surface area (Å²) in [5, 5.41) is 0. The van der Waals surface area contributed by atoms with Crippen molar-refractivity contribution in [1.82, 2.24) is 14.9 Å². The minimum absolute atomic E-state index is 0.141. The van der Waals surface area contributed by atoms with E-state index in [4.69, 9.17) is 24.7 Å². The summed E-state index contributed by atoms with van der Waals surface area (Å²) in [6.07, 6.45) is 1.38. The second-order valence-corrected chi connectivity index (χ2v) is 8.61. The number of nitrogens with zero attached hydrogens (tertiary/aromatic N) is 5. The van der Waals surface area contributed by atoms with Gasteiger partial charge >= 0.3 is 12.1 Å². The van der Waals surface area contributed by atoms with E-state index < -0.39 is 5.60 Å². The van der Waals surface area contributed by atoms with E-state index in [-0.39, 0.29) is 24.7 Å². The lowest BCUT2D eigenvalue weighted by Crippen LogP contribution is -2.44.